The van der Waals surface area contributed by atoms with Gasteiger partial charge in [0.15, 0.2) is 0 Å². The third-order valence-corrected chi connectivity index (χ3v) is 5.50. The van der Waals surface area contributed by atoms with E-state index in [2.05, 4.69) is 28.4 Å². The monoisotopic (exact) mass is 344 g/mol. The summed E-state index contributed by atoms with van der Waals surface area (Å²) in [5.74, 6) is 0.984. The molecule has 4 nitrogen and oxygen atoms in total. The predicted octanol–water partition coefficient (Wildman–Crippen LogP) is 3.70. The van der Waals surface area contributed by atoms with Gasteiger partial charge in [-0.3, -0.25) is 0 Å². The summed E-state index contributed by atoms with van der Waals surface area (Å²) in [7, 11) is 0. The van der Waals surface area contributed by atoms with Crippen molar-refractivity contribution < 1.29 is 13.5 Å². The standard InChI is InChI=1S/C20H25FN2O2/c21-8-11-23-9-6-20(7-10-23)13-18(22-14-16-5-12-24-15-16)17-3-1-2-4-19(17)25-20/h1-5,12,15,18,22H,6-11,13-14H2/t18-/m0/s1. The van der Waals surface area contributed by atoms with Crippen LogP contribution < -0.4 is 10.1 Å². The number of halogens is 1. The van der Waals surface area contributed by atoms with Gasteiger partial charge in [-0.1, -0.05) is 18.2 Å². The fourth-order valence-electron chi connectivity index (χ4n) is 4.04. The molecule has 1 aromatic carbocycles. The Hall–Kier alpha value is -1.85. The molecular weight excluding hydrogens is 319 g/mol. The van der Waals surface area contributed by atoms with E-state index in [4.69, 9.17) is 9.15 Å². The third kappa shape index (κ3) is 3.58. The second kappa shape index (κ2) is 7.18. The lowest BCUT2D eigenvalue weighted by molar-refractivity contribution is -0.0263. The average molecular weight is 344 g/mol. The van der Waals surface area contributed by atoms with Gasteiger partial charge in [-0.25, -0.2) is 4.39 Å². The van der Waals surface area contributed by atoms with E-state index >= 15 is 0 Å². The predicted molar refractivity (Wildman–Crippen MR) is 94.4 cm³/mol. The molecule has 1 saturated heterocycles. The molecule has 0 bridgehead atoms. The van der Waals surface area contributed by atoms with Gasteiger partial charge in [0.25, 0.3) is 0 Å². The second-order valence-corrected chi connectivity index (χ2v) is 7.12. The lowest BCUT2D eigenvalue weighted by Crippen LogP contribution is -2.52. The summed E-state index contributed by atoms with van der Waals surface area (Å²) >= 11 is 0. The molecule has 4 rings (SSSR count). The van der Waals surface area contributed by atoms with Crippen LogP contribution in [0.2, 0.25) is 0 Å². The number of ether oxygens (including phenoxy) is 1. The second-order valence-electron chi connectivity index (χ2n) is 7.12. The number of piperidine rings is 1. The highest BCUT2D eigenvalue weighted by atomic mass is 19.1. The fourth-order valence-corrected chi connectivity index (χ4v) is 4.04. The normalized spacial score (nSPS) is 22.5. The molecule has 0 saturated carbocycles. The van der Waals surface area contributed by atoms with Gasteiger partial charge in [0.2, 0.25) is 0 Å². The van der Waals surface area contributed by atoms with Crippen molar-refractivity contribution in [3.05, 3.63) is 54.0 Å². The van der Waals surface area contributed by atoms with Crippen LogP contribution in [0.4, 0.5) is 4.39 Å². The summed E-state index contributed by atoms with van der Waals surface area (Å²) in [6.45, 7) is 2.85. The minimum Gasteiger partial charge on any atom is -0.487 e. The lowest BCUT2D eigenvalue weighted by atomic mass is 9.80. The van der Waals surface area contributed by atoms with Crippen molar-refractivity contribution in [3.8, 4) is 5.75 Å². The van der Waals surface area contributed by atoms with E-state index in [1.807, 2.05) is 12.1 Å². The number of hydrogen-bond donors (Lipinski definition) is 1. The molecule has 2 aliphatic rings. The van der Waals surface area contributed by atoms with Gasteiger partial charge in [-0.15, -0.1) is 0 Å². The number of para-hydroxylation sites is 1. The maximum absolute atomic E-state index is 12.6. The molecule has 1 fully saturated rings. The van der Waals surface area contributed by atoms with Crippen molar-refractivity contribution in [3.63, 3.8) is 0 Å². The molecule has 2 aromatic rings. The number of alkyl halides is 1. The van der Waals surface area contributed by atoms with Crippen LogP contribution in [0.15, 0.2) is 47.3 Å². The Kier molecular flexibility index (Phi) is 4.77. The molecule has 134 valence electrons. The van der Waals surface area contributed by atoms with E-state index < -0.39 is 0 Å². The van der Waals surface area contributed by atoms with Crippen LogP contribution in [0, 0.1) is 0 Å². The largest absolute Gasteiger partial charge is 0.487 e. The first kappa shape index (κ1) is 16.6. The number of nitrogens with one attached hydrogen (secondary N) is 1. The minimum atomic E-state index is -0.272. The molecule has 0 unspecified atom stereocenters. The van der Waals surface area contributed by atoms with Crippen molar-refractivity contribution in [1.29, 1.82) is 0 Å². The summed E-state index contributed by atoms with van der Waals surface area (Å²) < 4.78 is 24.3. The Bertz CT molecular complexity index is 681. The molecule has 0 radical (unpaired) electrons. The van der Waals surface area contributed by atoms with Crippen molar-refractivity contribution in [2.75, 3.05) is 26.3 Å². The Morgan fingerprint density at radius 2 is 2.04 bits per heavy atom. The molecule has 1 atom stereocenters. The Morgan fingerprint density at radius 3 is 2.80 bits per heavy atom. The Labute approximate surface area is 148 Å². The van der Waals surface area contributed by atoms with Gasteiger partial charge < -0.3 is 19.4 Å². The number of benzene rings is 1. The first-order chi connectivity index (χ1) is 12.3. The van der Waals surface area contributed by atoms with Gasteiger partial charge in [-0.05, 0) is 25.0 Å². The third-order valence-electron chi connectivity index (χ3n) is 5.50. The van der Waals surface area contributed by atoms with Crippen molar-refractivity contribution in [2.24, 2.45) is 0 Å². The first-order valence-electron chi connectivity index (χ1n) is 9.09. The summed E-state index contributed by atoms with van der Waals surface area (Å²) in [4.78, 5) is 2.20. The molecule has 2 aliphatic heterocycles. The summed E-state index contributed by atoms with van der Waals surface area (Å²) in [6, 6.07) is 10.6. The highest BCUT2D eigenvalue weighted by molar-refractivity contribution is 5.39. The van der Waals surface area contributed by atoms with E-state index in [9.17, 15) is 4.39 Å². The highest BCUT2D eigenvalue weighted by Gasteiger charge is 2.42. The lowest BCUT2D eigenvalue weighted by Gasteiger charge is -2.47. The van der Waals surface area contributed by atoms with E-state index in [-0.39, 0.29) is 18.3 Å². The summed E-state index contributed by atoms with van der Waals surface area (Å²) in [5, 5.41) is 3.67. The zero-order chi connectivity index (χ0) is 17.1. The smallest absolute Gasteiger partial charge is 0.124 e. The number of hydrogen-bond acceptors (Lipinski definition) is 4. The van der Waals surface area contributed by atoms with Crippen molar-refractivity contribution in [1.82, 2.24) is 10.2 Å². The molecule has 1 spiro atoms. The van der Waals surface area contributed by atoms with E-state index in [0.717, 1.165) is 50.2 Å². The van der Waals surface area contributed by atoms with E-state index in [1.165, 1.54) is 5.56 Å². The van der Waals surface area contributed by atoms with Crippen LogP contribution in [-0.2, 0) is 6.54 Å². The summed E-state index contributed by atoms with van der Waals surface area (Å²) in [5.41, 5.74) is 2.23. The highest BCUT2D eigenvalue weighted by Crippen LogP contribution is 2.44. The zero-order valence-electron chi connectivity index (χ0n) is 14.4. The molecule has 0 amide bonds. The number of rotatable bonds is 5. The SMILES string of the molecule is FCCN1CCC2(CC1)C[C@H](NCc1ccoc1)c1ccccc1O2. The van der Waals surface area contributed by atoms with Crippen molar-refractivity contribution in [2.45, 2.75) is 37.5 Å². The van der Waals surface area contributed by atoms with Crippen LogP contribution in [-0.4, -0.2) is 36.8 Å². The quantitative estimate of drug-likeness (QED) is 0.897. The van der Waals surface area contributed by atoms with Crippen molar-refractivity contribution >= 4 is 0 Å². The van der Waals surface area contributed by atoms with Gasteiger partial charge >= 0.3 is 0 Å². The molecule has 0 aliphatic carbocycles. The number of fused-ring (bicyclic) bond motifs is 1. The number of likely N-dealkylation sites (tertiary alicyclic amines) is 1. The van der Waals surface area contributed by atoms with Crippen LogP contribution in [0.3, 0.4) is 0 Å². The topological polar surface area (TPSA) is 37.6 Å². The fraction of sp³-hybridized carbons (Fsp3) is 0.500. The number of furan rings is 1. The molecule has 1 aromatic heterocycles. The van der Waals surface area contributed by atoms with E-state index in [0.29, 0.717) is 6.54 Å². The van der Waals surface area contributed by atoms with Gasteiger partial charge in [0, 0.05) is 49.8 Å². The molecular formula is C20H25FN2O2. The molecule has 5 heteroatoms. The number of nitrogens with zero attached hydrogens (tertiary/aromatic N) is 1. The Balaban J connectivity index is 1.50. The Morgan fingerprint density at radius 1 is 1.20 bits per heavy atom. The zero-order valence-corrected chi connectivity index (χ0v) is 14.4. The van der Waals surface area contributed by atoms with Gasteiger partial charge in [0.05, 0.1) is 12.5 Å². The first-order valence-corrected chi connectivity index (χ1v) is 9.09. The molecule has 1 N–H and O–H groups in total. The van der Waals surface area contributed by atoms with Crippen LogP contribution >= 0.6 is 0 Å². The average Bonchev–Trinajstić information content (AvgIpc) is 3.16. The van der Waals surface area contributed by atoms with Crippen LogP contribution in [0.5, 0.6) is 5.75 Å². The minimum absolute atomic E-state index is 0.144. The van der Waals surface area contributed by atoms with Crippen LogP contribution in [0.1, 0.15) is 36.4 Å². The van der Waals surface area contributed by atoms with E-state index in [1.54, 1.807) is 12.5 Å². The van der Waals surface area contributed by atoms with Crippen LogP contribution in [0.25, 0.3) is 0 Å². The maximum Gasteiger partial charge on any atom is 0.124 e. The maximum atomic E-state index is 12.6. The molecule has 3 heterocycles. The van der Waals surface area contributed by atoms with Gasteiger partial charge in [-0.2, -0.15) is 0 Å². The summed E-state index contributed by atoms with van der Waals surface area (Å²) in [6.07, 6.45) is 6.34. The van der Waals surface area contributed by atoms with Gasteiger partial charge in [0.1, 0.15) is 18.0 Å². The molecule has 25 heavy (non-hydrogen) atoms.